The van der Waals surface area contributed by atoms with Gasteiger partial charge in [-0.25, -0.2) is 0 Å². The van der Waals surface area contributed by atoms with E-state index < -0.39 is 11.7 Å². The Labute approximate surface area is 180 Å². The Morgan fingerprint density at radius 3 is 2.55 bits per heavy atom. The number of nitriles is 1. The first-order valence-corrected chi connectivity index (χ1v) is 10.6. The van der Waals surface area contributed by atoms with Gasteiger partial charge in [-0.05, 0) is 61.7 Å². The molecule has 8 heteroatoms. The number of piperidine rings is 1. The first-order valence-electron chi connectivity index (χ1n) is 10.6. The molecule has 0 saturated carbocycles. The average molecular weight is 432 g/mol. The fourth-order valence-electron chi connectivity index (χ4n) is 5.16. The van der Waals surface area contributed by atoms with Crippen molar-refractivity contribution in [1.82, 2.24) is 9.47 Å². The van der Waals surface area contributed by atoms with Gasteiger partial charge in [0.05, 0.1) is 17.2 Å². The van der Waals surface area contributed by atoms with Crippen LogP contribution in [0.2, 0.25) is 0 Å². The number of nitrogens with zero attached hydrogens (tertiary/aromatic N) is 4. The molecule has 4 rings (SSSR count). The lowest BCUT2D eigenvalue weighted by Gasteiger charge is -2.42. The predicted octanol–water partition coefficient (Wildman–Crippen LogP) is 3.63. The van der Waals surface area contributed by atoms with E-state index in [9.17, 15) is 18.3 Å². The van der Waals surface area contributed by atoms with E-state index in [1.54, 1.807) is 12.1 Å². The second-order valence-corrected chi connectivity index (χ2v) is 8.85. The van der Waals surface area contributed by atoms with Gasteiger partial charge in [-0.1, -0.05) is 0 Å². The largest absolute Gasteiger partial charge is 0.417 e. The van der Waals surface area contributed by atoms with Gasteiger partial charge in [0, 0.05) is 56.8 Å². The number of hydrogen-bond donors (Lipinski definition) is 1. The van der Waals surface area contributed by atoms with Crippen LogP contribution < -0.4 is 4.90 Å². The Bertz CT molecular complexity index is 970. The van der Waals surface area contributed by atoms with Gasteiger partial charge in [0.2, 0.25) is 0 Å². The third-order valence-electron chi connectivity index (χ3n) is 7.12. The molecule has 2 aromatic rings. The number of likely N-dealkylation sites (tertiary alicyclic amines) is 1. The molecule has 1 spiro atoms. The summed E-state index contributed by atoms with van der Waals surface area (Å²) >= 11 is 0. The number of aromatic nitrogens is 1. The number of halogens is 3. The summed E-state index contributed by atoms with van der Waals surface area (Å²) in [4.78, 5) is 4.35. The molecule has 3 heterocycles. The SMILES string of the molecule is Cn1cccc1CN1CCC2(CC1)CN(c1ccc(C#N)c(C(F)(F)F)c1)CC2CO. The minimum absolute atomic E-state index is 0.0228. The van der Waals surface area contributed by atoms with E-state index >= 15 is 0 Å². The third kappa shape index (κ3) is 4.17. The lowest BCUT2D eigenvalue weighted by atomic mass is 9.71. The van der Waals surface area contributed by atoms with Crippen molar-refractivity contribution < 1.29 is 18.3 Å². The van der Waals surface area contributed by atoms with E-state index in [4.69, 9.17) is 5.26 Å². The van der Waals surface area contributed by atoms with Crippen molar-refractivity contribution >= 4 is 5.69 Å². The second-order valence-electron chi connectivity index (χ2n) is 8.85. The maximum Gasteiger partial charge on any atom is 0.417 e. The van der Waals surface area contributed by atoms with Crippen LogP contribution in [0.1, 0.15) is 29.7 Å². The molecular formula is C23H27F3N4O. The molecular weight excluding hydrogens is 405 g/mol. The van der Waals surface area contributed by atoms with Gasteiger partial charge in [0.25, 0.3) is 0 Å². The summed E-state index contributed by atoms with van der Waals surface area (Å²) in [6.45, 7) is 3.85. The minimum atomic E-state index is -4.57. The summed E-state index contributed by atoms with van der Waals surface area (Å²) in [5.41, 5.74) is 0.350. The van der Waals surface area contributed by atoms with Gasteiger partial charge < -0.3 is 14.6 Å². The standard InChI is InChI=1S/C23H27F3N4O/c1-28-8-2-3-20(28)14-29-9-6-22(7-10-29)16-30(13-18(22)15-31)19-5-4-17(12-27)21(11-19)23(24,25)26/h2-5,8,11,18,31H,6-7,9-10,13-16H2,1H3. The Morgan fingerprint density at radius 1 is 1.23 bits per heavy atom. The third-order valence-corrected chi connectivity index (χ3v) is 7.12. The van der Waals surface area contributed by atoms with Crippen LogP contribution in [0.3, 0.4) is 0 Å². The Balaban J connectivity index is 1.50. The zero-order valence-electron chi connectivity index (χ0n) is 17.6. The molecule has 2 fully saturated rings. The fraction of sp³-hybridized carbons (Fsp3) is 0.522. The number of alkyl halides is 3. The normalized spacial score (nSPS) is 21.5. The van der Waals surface area contributed by atoms with Crippen molar-refractivity contribution in [3.8, 4) is 6.07 Å². The first kappa shape index (κ1) is 21.7. The smallest absolute Gasteiger partial charge is 0.396 e. The van der Waals surface area contributed by atoms with Crippen LogP contribution in [-0.4, -0.2) is 47.4 Å². The van der Waals surface area contributed by atoms with E-state index in [1.165, 1.54) is 11.8 Å². The molecule has 1 N–H and O–H groups in total. The first-order chi connectivity index (χ1) is 14.8. The van der Waals surface area contributed by atoms with E-state index in [-0.39, 0.29) is 23.5 Å². The average Bonchev–Trinajstić information content (AvgIpc) is 3.32. The van der Waals surface area contributed by atoms with Crippen LogP contribution in [0.15, 0.2) is 36.5 Å². The van der Waals surface area contributed by atoms with E-state index in [0.717, 1.165) is 38.5 Å². The van der Waals surface area contributed by atoms with Crippen LogP contribution in [0.4, 0.5) is 18.9 Å². The summed E-state index contributed by atoms with van der Waals surface area (Å²) in [5, 5.41) is 19.1. The van der Waals surface area contributed by atoms with Gasteiger partial charge in [-0.15, -0.1) is 0 Å². The quantitative estimate of drug-likeness (QED) is 0.802. The van der Waals surface area contributed by atoms with Gasteiger partial charge in [0.1, 0.15) is 0 Å². The maximum atomic E-state index is 13.4. The Kier molecular flexibility index (Phi) is 5.75. The molecule has 2 aliphatic rings. The molecule has 0 amide bonds. The van der Waals surface area contributed by atoms with Crippen LogP contribution in [0.5, 0.6) is 0 Å². The van der Waals surface area contributed by atoms with Gasteiger partial charge in [0.15, 0.2) is 0 Å². The number of anilines is 1. The molecule has 0 radical (unpaired) electrons. The Morgan fingerprint density at radius 2 is 1.97 bits per heavy atom. The number of aliphatic hydroxyl groups excluding tert-OH is 1. The highest BCUT2D eigenvalue weighted by Crippen LogP contribution is 2.46. The molecule has 1 atom stereocenters. The summed E-state index contributed by atoms with van der Waals surface area (Å²) in [6, 6.07) is 9.70. The molecule has 166 valence electrons. The van der Waals surface area contributed by atoms with Crippen LogP contribution >= 0.6 is 0 Å². The molecule has 2 aliphatic heterocycles. The summed E-state index contributed by atoms with van der Waals surface area (Å²) in [6.07, 6.45) is -0.732. The lowest BCUT2D eigenvalue weighted by Crippen LogP contribution is -2.44. The fourth-order valence-corrected chi connectivity index (χ4v) is 5.16. The number of aryl methyl sites for hydroxylation is 1. The highest BCUT2D eigenvalue weighted by molar-refractivity contribution is 5.56. The topological polar surface area (TPSA) is 55.4 Å². The van der Waals surface area contributed by atoms with E-state index in [2.05, 4.69) is 15.5 Å². The summed E-state index contributed by atoms with van der Waals surface area (Å²) in [7, 11) is 2.03. The highest BCUT2D eigenvalue weighted by Gasteiger charge is 2.48. The van der Waals surface area contributed by atoms with E-state index in [1.807, 2.05) is 24.2 Å². The molecule has 0 bridgehead atoms. The Hall–Kier alpha value is -2.50. The van der Waals surface area contributed by atoms with Gasteiger partial charge >= 0.3 is 6.18 Å². The van der Waals surface area contributed by atoms with E-state index in [0.29, 0.717) is 18.8 Å². The number of rotatable bonds is 4. The van der Waals surface area contributed by atoms with Crippen LogP contribution in [-0.2, 0) is 19.8 Å². The lowest BCUT2D eigenvalue weighted by molar-refractivity contribution is -0.137. The molecule has 5 nitrogen and oxygen atoms in total. The zero-order valence-corrected chi connectivity index (χ0v) is 17.6. The number of aliphatic hydroxyl groups is 1. The molecule has 31 heavy (non-hydrogen) atoms. The molecule has 1 unspecified atom stereocenters. The van der Waals surface area contributed by atoms with Crippen molar-refractivity contribution in [2.45, 2.75) is 25.6 Å². The van der Waals surface area contributed by atoms with Gasteiger partial charge in [-0.2, -0.15) is 18.4 Å². The molecule has 2 saturated heterocycles. The second kappa shape index (κ2) is 8.21. The maximum absolute atomic E-state index is 13.4. The van der Waals surface area contributed by atoms with Crippen molar-refractivity contribution in [2.24, 2.45) is 18.4 Å². The molecule has 1 aromatic carbocycles. The molecule has 0 aliphatic carbocycles. The monoisotopic (exact) mass is 432 g/mol. The summed E-state index contributed by atoms with van der Waals surface area (Å²) in [5.74, 6) is 0.0228. The van der Waals surface area contributed by atoms with Gasteiger partial charge in [-0.3, -0.25) is 4.90 Å². The van der Waals surface area contributed by atoms with Crippen molar-refractivity contribution in [1.29, 1.82) is 5.26 Å². The number of benzene rings is 1. The highest BCUT2D eigenvalue weighted by atomic mass is 19.4. The summed E-state index contributed by atoms with van der Waals surface area (Å²) < 4.78 is 42.3. The van der Waals surface area contributed by atoms with Crippen molar-refractivity contribution in [3.05, 3.63) is 53.3 Å². The number of hydrogen-bond acceptors (Lipinski definition) is 4. The van der Waals surface area contributed by atoms with Crippen molar-refractivity contribution in [2.75, 3.05) is 37.7 Å². The molecule has 1 aromatic heterocycles. The predicted molar refractivity (Wildman–Crippen MR) is 111 cm³/mol. The van der Waals surface area contributed by atoms with Crippen LogP contribution in [0, 0.1) is 22.7 Å². The van der Waals surface area contributed by atoms with Crippen LogP contribution in [0.25, 0.3) is 0 Å². The minimum Gasteiger partial charge on any atom is -0.396 e. The van der Waals surface area contributed by atoms with Crippen molar-refractivity contribution in [3.63, 3.8) is 0 Å². The zero-order chi connectivity index (χ0) is 22.2.